The van der Waals surface area contributed by atoms with Crippen molar-refractivity contribution in [2.75, 3.05) is 7.11 Å². The SMILES string of the molecule is COC(=O)C(=O)C[C@H](O[C@@H]1CCC[C@H](C)O1)c1ccc(Br)cc1. The van der Waals surface area contributed by atoms with Crippen molar-refractivity contribution >= 4 is 27.7 Å². The Morgan fingerprint density at radius 3 is 2.61 bits per heavy atom. The Hall–Kier alpha value is -1.24. The third-order valence-electron chi connectivity index (χ3n) is 3.78. The van der Waals surface area contributed by atoms with Gasteiger partial charge >= 0.3 is 5.97 Å². The van der Waals surface area contributed by atoms with Gasteiger partial charge in [0.25, 0.3) is 0 Å². The molecule has 23 heavy (non-hydrogen) atoms. The number of hydrogen-bond acceptors (Lipinski definition) is 5. The van der Waals surface area contributed by atoms with E-state index in [9.17, 15) is 9.59 Å². The summed E-state index contributed by atoms with van der Waals surface area (Å²) in [5.74, 6) is -1.46. The second-order valence-electron chi connectivity index (χ2n) is 5.60. The van der Waals surface area contributed by atoms with Crippen molar-refractivity contribution in [3.8, 4) is 0 Å². The average molecular weight is 385 g/mol. The van der Waals surface area contributed by atoms with Crippen LogP contribution >= 0.6 is 15.9 Å². The summed E-state index contributed by atoms with van der Waals surface area (Å²) in [6, 6.07) is 7.48. The first kappa shape index (κ1) is 18.1. The monoisotopic (exact) mass is 384 g/mol. The van der Waals surface area contributed by atoms with E-state index in [1.54, 1.807) is 0 Å². The molecule has 1 aromatic rings. The number of Topliss-reactive ketones (excluding diaryl/α,β-unsaturated/α-hetero) is 1. The largest absolute Gasteiger partial charge is 0.463 e. The first-order valence-corrected chi connectivity index (χ1v) is 8.46. The van der Waals surface area contributed by atoms with Gasteiger partial charge in [-0.1, -0.05) is 28.1 Å². The van der Waals surface area contributed by atoms with E-state index in [0.29, 0.717) is 0 Å². The van der Waals surface area contributed by atoms with Crippen LogP contribution in [0.1, 0.15) is 44.3 Å². The molecule has 1 heterocycles. The Bertz CT molecular complexity index is 542. The van der Waals surface area contributed by atoms with E-state index in [-0.39, 0.29) is 18.8 Å². The number of hydrogen-bond donors (Lipinski definition) is 0. The Balaban J connectivity index is 2.11. The quantitative estimate of drug-likeness (QED) is 0.554. The maximum absolute atomic E-state index is 11.9. The number of carbonyl (C=O) groups is 2. The van der Waals surface area contributed by atoms with Crippen LogP contribution in [-0.2, 0) is 23.8 Å². The summed E-state index contributed by atoms with van der Waals surface area (Å²) < 4.78 is 17.2. The lowest BCUT2D eigenvalue weighted by Crippen LogP contribution is -2.30. The van der Waals surface area contributed by atoms with Crippen LogP contribution in [0, 0.1) is 0 Å². The smallest absolute Gasteiger partial charge is 0.374 e. The molecule has 0 saturated carbocycles. The van der Waals surface area contributed by atoms with Gasteiger partial charge in [-0.3, -0.25) is 4.79 Å². The number of halogens is 1. The van der Waals surface area contributed by atoms with E-state index in [1.807, 2.05) is 31.2 Å². The van der Waals surface area contributed by atoms with E-state index in [2.05, 4.69) is 20.7 Å². The molecular formula is C17H21BrO5. The molecule has 1 aliphatic heterocycles. The fraction of sp³-hybridized carbons (Fsp3) is 0.529. The van der Waals surface area contributed by atoms with Gasteiger partial charge < -0.3 is 14.2 Å². The topological polar surface area (TPSA) is 61.8 Å². The molecule has 3 atom stereocenters. The van der Waals surface area contributed by atoms with Crippen LogP contribution in [0.25, 0.3) is 0 Å². The minimum atomic E-state index is -0.853. The molecule has 0 aliphatic carbocycles. The summed E-state index contributed by atoms with van der Waals surface area (Å²) in [6.45, 7) is 2.00. The molecule has 0 spiro atoms. The fourth-order valence-corrected chi connectivity index (χ4v) is 2.80. The zero-order chi connectivity index (χ0) is 16.8. The summed E-state index contributed by atoms with van der Waals surface area (Å²) in [5, 5.41) is 0. The maximum Gasteiger partial charge on any atom is 0.374 e. The number of methoxy groups -OCH3 is 1. The molecule has 5 nitrogen and oxygen atoms in total. The van der Waals surface area contributed by atoms with Crippen molar-refractivity contribution in [3.63, 3.8) is 0 Å². The second-order valence-corrected chi connectivity index (χ2v) is 6.52. The van der Waals surface area contributed by atoms with Crippen LogP contribution in [0.15, 0.2) is 28.7 Å². The minimum absolute atomic E-state index is 0.0669. The van der Waals surface area contributed by atoms with Crippen molar-refractivity contribution in [3.05, 3.63) is 34.3 Å². The number of carbonyl (C=O) groups excluding carboxylic acids is 2. The Morgan fingerprint density at radius 2 is 2.00 bits per heavy atom. The molecule has 0 amide bonds. The number of ether oxygens (including phenoxy) is 3. The summed E-state index contributed by atoms with van der Waals surface area (Å²) in [7, 11) is 1.20. The molecule has 0 unspecified atom stereocenters. The highest BCUT2D eigenvalue weighted by Gasteiger charge is 2.28. The summed E-state index contributed by atoms with van der Waals surface area (Å²) in [4.78, 5) is 23.3. The van der Waals surface area contributed by atoms with Gasteiger partial charge in [-0.2, -0.15) is 0 Å². The van der Waals surface area contributed by atoms with E-state index in [0.717, 1.165) is 29.3 Å². The lowest BCUT2D eigenvalue weighted by Gasteiger charge is -2.31. The molecule has 1 saturated heterocycles. The lowest BCUT2D eigenvalue weighted by atomic mass is 10.0. The van der Waals surface area contributed by atoms with Crippen molar-refractivity contribution in [1.29, 1.82) is 0 Å². The van der Waals surface area contributed by atoms with Gasteiger partial charge in [0.2, 0.25) is 5.78 Å². The molecule has 0 bridgehead atoms. The summed E-state index contributed by atoms with van der Waals surface area (Å²) in [6.07, 6.45) is 1.97. The van der Waals surface area contributed by atoms with Crippen molar-refractivity contribution in [1.82, 2.24) is 0 Å². The molecule has 2 rings (SSSR count). The highest BCUT2D eigenvalue weighted by molar-refractivity contribution is 9.10. The zero-order valence-corrected chi connectivity index (χ0v) is 14.9. The van der Waals surface area contributed by atoms with Crippen LogP contribution in [0.5, 0.6) is 0 Å². The Labute approximate surface area is 144 Å². The Morgan fingerprint density at radius 1 is 1.30 bits per heavy atom. The van der Waals surface area contributed by atoms with Gasteiger partial charge in [-0.25, -0.2) is 4.79 Å². The van der Waals surface area contributed by atoms with Crippen molar-refractivity contribution < 1.29 is 23.8 Å². The second kappa shape index (κ2) is 8.57. The van der Waals surface area contributed by atoms with Crippen LogP contribution in [0.2, 0.25) is 0 Å². The maximum atomic E-state index is 11.9. The third kappa shape index (κ3) is 5.41. The molecule has 6 heteroatoms. The highest BCUT2D eigenvalue weighted by Crippen LogP contribution is 2.29. The predicted octanol–water partition coefficient (Wildman–Crippen LogP) is 3.55. The number of rotatable bonds is 6. The molecule has 1 aliphatic rings. The Kier molecular flexibility index (Phi) is 6.74. The predicted molar refractivity (Wildman–Crippen MR) is 87.8 cm³/mol. The molecule has 1 aromatic carbocycles. The summed E-state index contributed by atoms with van der Waals surface area (Å²) >= 11 is 3.38. The van der Waals surface area contributed by atoms with Crippen LogP contribution in [0.4, 0.5) is 0 Å². The van der Waals surface area contributed by atoms with Gasteiger partial charge in [-0.05, 0) is 43.9 Å². The number of esters is 1. The normalized spacial score (nSPS) is 22.4. The van der Waals surface area contributed by atoms with Gasteiger partial charge in [0.05, 0.1) is 19.3 Å². The first-order chi connectivity index (χ1) is 11.0. The fourth-order valence-electron chi connectivity index (χ4n) is 2.54. The highest BCUT2D eigenvalue weighted by atomic mass is 79.9. The van der Waals surface area contributed by atoms with E-state index in [4.69, 9.17) is 9.47 Å². The van der Waals surface area contributed by atoms with Crippen molar-refractivity contribution in [2.45, 2.75) is 51.1 Å². The molecular weight excluding hydrogens is 364 g/mol. The van der Waals surface area contributed by atoms with Crippen LogP contribution in [0.3, 0.4) is 0 Å². The third-order valence-corrected chi connectivity index (χ3v) is 4.30. The molecule has 0 N–H and O–H groups in total. The first-order valence-electron chi connectivity index (χ1n) is 7.67. The standard InChI is InChI=1S/C17H21BrO5/c1-11-4-3-5-16(22-11)23-15(10-14(19)17(20)21-2)12-6-8-13(18)9-7-12/h6-9,11,15-16H,3-5,10H2,1-2H3/t11-,15-,16+/m0/s1. The van der Waals surface area contributed by atoms with Gasteiger partial charge in [0, 0.05) is 10.9 Å². The molecule has 126 valence electrons. The summed E-state index contributed by atoms with van der Waals surface area (Å²) in [5.41, 5.74) is 0.826. The van der Waals surface area contributed by atoms with Gasteiger partial charge in [0.1, 0.15) is 0 Å². The average Bonchev–Trinajstić information content (AvgIpc) is 2.54. The van der Waals surface area contributed by atoms with E-state index in [1.165, 1.54) is 7.11 Å². The zero-order valence-electron chi connectivity index (χ0n) is 13.3. The van der Waals surface area contributed by atoms with Crippen LogP contribution in [-0.4, -0.2) is 31.3 Å². The van der Waals surface area contributed by atoms with Gasteiger partial charge in [-0.15, -0.1) is 0 Å². The molecule has 0 radical (unpaired) electrons. The molecule has 0 aromatic heterocycles. The minimum Gasteiger partial charge on any atom is -0.463 e. The van der Waals surface area contributed by atoms with E-state index < -0.39 is 17.9 Å². The van der Waals surface area contributed by atoms with E-state index >= 15 is 0 Å². The van der Waals surface area contributed by atoms with Crippen molar-refractivity contribution in [2.24, 2.45) is 0 Å². The van der Waals surface area contributed by atoms with Crippen LogP contribution < -0.4 is 0 Å². The van der Waals surface area contributed by atoms with Gasteiger partial charge in [0.15, 0.2) is 6.29 Å². The number of ketones is 1. The molecule has 1 fully saturated rings. The lowest BCUT2D eigenvalue weighted by molar-refractivity contribution is -0.213. The number of benzene rings is 1.